The summed E-state index contributed by atoms with van der Waals surface area (Å²) in [5.74, 6) is 1.98. The largest absolute Gasteiger partial charge is 0.342 e. The van der Waals surface area contributed by atoms with E-state index in [0.717, 1.165) is 43.1 Å². The summed E-state index contributed by atoms with van der Waals surface area (Å²) in [5, 5.41) is 0.891. The standard InChI is InChI=1S/C20H29N3O2S/c1-3-26-18-13-17(6-9-21-18)20(25)22-11-7-16(8-12-22)19(24)23-10-4-5-15(2)14-23/h6,9,13,15-16H,3-5,7-8,10-12,14H2,1-2H3/t15-/m1/s1. The molecule has 2 aliphatic rings. The van der Waals surface area contributed by atoms with Crippen molar-refractivity contribution >= 4 is 23.6 Å². The van der Waals surface area contributed by atoms with Gasteiger partial charge in [-0.15, -0.1) is 11.8 Å². The van der Waals surface area contributed by atoms with Crippen LogP contribution in [0, 0.1) is 11.8 Å². The van der Waals surface area contributed by atoms with E-state index in [2.05, 4.69) is 18.8 Å². The first-order chi connectivity index (χ1) is 12.6. The number of thioether (sulfide) groups is 1. The SMILES string of the molecule is CCSc1cc(C(=O)N2CCC(C(=O)N3CCC[C@@H](C)C3)CC2)ccn1. The summed E-state index contributed by atoms with van der Waals surface area (Å²) in [7, 11) is 0. The van der Waals surface area contributed by atoms with E-state index >= 15 is 0 Å². The van der Waals surface area contributed by atoms with Crippen LogP contribution in [0.2, 0.25) is 0 Å². The van der Waals surface area contributed by atoms with E-state index in [1.807, 2.05) is 15.9 Å². The molecule has 0 saturated carbocycles. The summed E-state index contributed by atoms with van der Waals surface area (Å²) in [6, 6.07) is 3.66. The van der Waals surface area contributed by atoms with E-state index in [4.69, 9.17) is 0 Å². The van der Waals surface area contributed by atoms with E-state index < -0.39 is 0 Å². The number of carbonyl (C=O) groups is 2. The maximum Gasteiger partial charge on any atom is 0.254 e. The van der Waals surface area contributed by atoms with Crippen LogP contribution in [0.3, 0.4) is 0 Å². The lowest BCUT2D eigenvalue weighted by molar-refractivity contribution is -0.138. The number of likely N-dealkylation sites (tertiary alicyclic amines) is 2. The molecule has 0 spiro atoms. The van der Waals surface area contributed by atoms with Gasteiger partial charge in [-0.25, -0.2) is 4.98 Å². The van der Waals surface area contributed by atoms with Gasteiger partial charge in [0.1, 0.15) is 0 Å². The molecule has 0 aromatic carbocycles. The highest BCUT2D eigenvalue weighted by atomic mass is 32.2. The molecule has 0 N–H and O–H groups in total. The number of piperidine rings is 2. The van der Waals surface area contributed by atoms with Crippen LogP contribution < -0.4 is 0 Å². The van der Waals surface area contributed by atoms with Gasteiger partial charge in [-0.3, -0.25) is 9.59 Å². The molecule has 26 heavy (non-hydrogen) atoms. The molecule has 1 atom stereocenters. The summed E-state index contributed by atoms with van der Waals surface area (Å²) in [4.78, 5) is 33.8. The van der Waals surface area contributed by atoms with Crippen LogP contribution in [0.15, 0.2) is 23.4 Å². The van der Waals surface area contributed by atoms with Gasteiger partial charge in [0.15, 0.2) is 0 Å². The normalized spacial score (nSPS) is 21.7. The number of hydrogen-bond donors (Lipinski definition) is 0. The van der Waals surface area contributed by atoms with Crippen LogP contribution in [-0.4, -0.2) is 58.5 Å². The van der Waals surface area contributed by atoms with Gasteiger partial charge in [0.25, 0.3) is 5.91 Å². The second kappa shape index (κ2) is 8.89. The predicted molar refractivity (Wildman–Crippen MR) is 104 cm³/mol. The summed E-state index contributed by atoms with van der Waals surface area (Å²) >= 11 is 1.64. The molecule has 1 aromatic heterocycles. The van der Waals surface area contributed by atoms with E-state index in [1.54, 1.807) is 24.0 Å². The Bertz CT molecular complexity index is 644. The highest BCUT2D eigenvalue weighted by Crippen LogP contribution is 2.25. The average molecular weight is 376 g/mol. The molecule has 3 heterocycles. The first-order valence-corrected chi connectivity index (χ1v) is 10.7. The highest BCUT2D eigenvalue weighted by molar-refractivity contribution is 7.99. The molecule has 142 valence electrons. The Labute approximate surface area is 160 Å². The summed E-state index contributed by atoms with van der Waals surface area (Å²) in [6.45, 7) is 7.42. The maximum absolute atomic E-state index is 12.8. The fourth-order valence-electron chi connectivity index (χ4n) is 3.93. The van der Waals surface area contributed by atoms with Crippen LogP contribution in [0.5, 0.6) is 0 Å². The zero-order valence-corrected chi connectivity index (χ0v) is 16.6. The van der Waals surface area contributed by atoms with Gasteiger partial charge in [-0.05, 0) is 49.5 Å². The van der Waals surface area contributed by atoms with Gasteiger partial charge in [0, 0.05) is 43.9 Å². The van der Waals surface area contributed by atoms with Crippen molar-refractivity contribution in [2.45, 2.75) is 44.6 Å². The molecule has 2 amide bonds. The van der Waals surface area contributed by atoms with Gasteiger partial charge >= 0.3 is 0 Å². The Morgan fingerprint density at radius 1 is 1.19 bits per heavy atom. The lowest BCUT2D eigenvalue weighted by atomic mass is 9.92. The Balaban J connectivity index is 1.55. The molecule has 2 aliphatic heterocycles. The van der Waals surface area contributed by atoms with E-state index in [1.165, 1.54) is 6.42 Å². The smallest absolute Gasteiger partial charge is 0.254 e. The fourth-order valence-corrected chi connectivity index (χ4v) is 4.57. The Morgan fingerprint density at radius 2 is 1.96 bits per heavy atom. The van der Waals surface area contributed by atoms with Crippen molar-refractivity contribution in [2.75, 3.05) is 31.9 Å². The molecular weight excluding hydrogens is 346 g/mol. The second-order valence-corrected chi connectivity index (χ2v) is 8.70. The van der Waals surface area contributed by atoms with Crippen LogP contribution in [0.4, 0.5) is 0 Å². The predicted octanol–water partition coefficient (Wildman–Crippen LogP) is 3.30. The number of amides is 2. The molecule has 1 aromatic rings. The minimum Gasteiger partial charge on any atom is -0.342 e. The van der Waals surface area contributed by atoms with Crippen molar-refractivity contribution in [1.29, 1.82) is 0 Å². The molecule has 0 bridgehead atoms. The third-order valence-corrected chi connectivity index (χ3v) is 6.18. The quantitative estimate of drug-likeness (QED) is 0.758. The van der Waals surface area contributed by atoms with Crippen molar-refractivity contribution in [1.82, 2.24) is 14.8 Å². The molecule has 2 fully saturated rings. The molecule has 0 unspecified atom stereocenters. The average Bonchev–Trinajstić information content (AvgIpc) is 2.67. The van der Waals surface area contributed by atoms with Crippen molar-refractivity contribution in [3.05, 3.63) is 23.9 Å². The minimum absolute atomic E-state index is 0.0582. The molecule has 0 radical (unpaired) electrons. The second-order valence-electron chi connectivity index (χ2n) is 7.41. The topological polar surface area (TPSA) is 53.5 Å². The summed E-state index contributed by atoms with van der Waals surface area (Å²) in [6.07, 6.45) is 5.60. The first-order valence-electron chi connectivity index (χ1n) is 9.75. The summed E-state index contributed by atoms with van der Waals surface area (Å²) < 4.78 is 0. The molecule has 5 nitrogen and oxygen atoms in total. The number of pyridine rings is 1. The van der Waals surface area contributed by atoms with Gasteiger partial charge in [-0.2, -0.15) is 0 Å². The molecule has 2 saturated heterocycles. The van der Waals surface area contributed by atoms with Gasteiger partial charge in [0.2, 0.25) is 5.91 Å². The summed E-state index contributed by atoms with van der Waals surface area (Å²) in [5.41, 5.74) is 0.700. The monoisotopic (exact) mass is 375 g/mol. The Morgan fingerprint density at radius 3 is 2.65 bits per heavy atom. The molecule has 0 aliphatic carbocycles. The van der Waals surface area contributed by atoms with Crippen LogP contribution in [-0.2, 0) is 4.79 Å². The number of rotatable bonds is 4. The lowest BCUT2D eigenvalue weighted by Crippen LogP contribution is -2.47. The number of carbonyl (C=O) groups excluding carboxylic acids is 2. The van der Waals surface area contributed by atoms with Crippen molar-refractivity contribution in [3.63, 3.8) is 0 Å². The van der Waals surface area contributed by atoms with Crippen LogP contribution >= 0.6 is 11.8 Å². The van der Waals surface area contributed by atoms with Crippen molar-refractivity contribution in [3.8, 4) is 0 Å². The lowest BCUT2D eigenvalue weighted by Gasteiger charge is -2.37. The third-order valence-electron chi connectivity index (χ3n) is 5.37. The zero-order valence-electron chi connectivity index (χ0n) is 15.8. The van der Waals surface area contributed by atoms with E-state index in [9.17, 15) is 9.59 Å². The Kier molecular flexibility index (Phi) is 6.57. The highest BCUT2D eigenvalue weighted by Gasteiger charge is 2.32. The third kappa shape index (κ3) is 4.58. The first kappa shape index (κ1) is 19.2. The van der Waals surface area contributed by atoms with Gasteiger partial charge < -0.3 is 9.80 Å². The maximum atomic E-state index is 12.8. The number of hydrogen-bond acceptors (Lipinski definition) is 4. The van der Waals surface area contributed by atoms with E-state index in [0.29, 0.717) is 30.5 Å². The minimum atomic E-state index is 0.0582. The van der Waals surface area contributed by atoms with Crippen LogP contribution in [0.1, 0.15) is 49.9 Å². The zero-order chi connectivity index (χ0) is 18.5. The van der Waals surface area contributed by atoms with Gasteiger partial charge in [-0.1, -0.05) is 13.8 Å². The van der Waals surface area contributed by atoms with Crippen molar-refractivity contribution in [2.24, 2.45) is 11.8 Å². The van der Waals surface area contributed by atoms with E-state index in [-0.39, 0.29) is 11.8 Å². The fraction of sp³-hybridized carbons (Fsp3) is 0.650. The molecular formula is C20H29N3O2S. The number of aromatic nitrogens is 1. The molecule has 6 heteroatoms. The van der Waals surface area contributed by atoms with Gasteiger partial charge in [0.05, 0.1) is 5.03 Å². The number of nitrogens with zero attached hydrogens (tertiary/aromatic N) is 3. The van der Waals surface area contributed by atoms with Crippen molar-refractivity contribution < 1.29 is 9.59 Å². The Hall–Kier alpha value is -1.56. The van der Waals surface area contributed by atoms with Crippen LogP contribution in [0.25, 0.3) is 0 Å². The molecule has 3 rings (SSSR count).